The number of carbonyl (C=O) groups excluding carboxylic acids is 1. The Labute approximate surface area is 119 Å². The molecular formula is C14H20N2O3S. The van der Waals surface area contributed by atoms with Gasteiger partial charge in [-0.15, -0.1) is 0 Å². The van der Waals surface area contributed by atoms with E-state index in [4.69, 9.17) is 0 Å². The topological polar surface area (TPSA) is 76.1 Å². The Balaban J connectivity index is 1.75. The minimum atomic E-state index is -3.11. The van der Waals surface area contributed by atoms with Crippen LogP contribution in [0, 0.1) is 0 Å². The fourth-order valence-corrected chi connectivity index (χ4v) is 4.28. The molecule has 6 heteroatoms. The second-order valence-electron chi connectivity index (χ2n) is 5.12. The van der Waals surface area contributed by atoms with Crippen LogP contribution >= 0.6 is 0 Å². The van der Waals surface area contributed by atoms with Crippen molar-refractivity contribution < 1.29 is 13.2 Å². The SMILES string of the molecule is O=C(CCS(=O)(=O)C1CCCC1)NCc1ccccn1. The number of nitrogens with zero attached hydrogens (tertiary/aromatic N) is 1. The van der Waals surface area contributed by atoms with Gasteiger partial charge >= 0.3 is 0 Å². The molecular weight excluding hydrogens is 276 g/mol. The predicted molar refractivity (Wildman–Crippen MR) is 76.7 cm³/mol. The number of amides is 1. The summed E-state index contributed by atoms with van der Waals surface area (Å²) in [7, 11) is -3.11. The Hall–Kier alpha value is -1.43. The lowest BCUT2D eigenvalue weighted by atomic mass is 10.3. The van der Waals surface area contributed by atoms with E-state index in [1.165, 1.54) is 0 Å². The van der Waals surface area contributed by atoms with Crippen molar-refractivity contribution in [3.8, 4) is 0 Å². The molecule has 1 aromatic rings. The van der Waals surface area contributed by atoms with Crippen LogP contribution in [0.5, 0.6) is 0 Å². The Morgan fingerprint density at radius 2 is 2.05 bits per heavy atom. The van der Waals surface area contributed by atoms with Gasteiger partial charge in [-0.2, -0.15) is 0 Å². The highest BCUT2D eigenvalue weighted by molar-refractivity contribution is 7.92. The highest BCUT2D eigenvalue weighted by Gasteiger charge is 2.28. The zero-order valence-electron chi connectivity index (χ0n) is 11.4. The fourth-order valence-electron chi connectivity index (χ4n) is 2.43. The maximum absolute atomic E-state index is 12.0. The van der Waals surface area contributed by atoms with E-state index < -0.39 is 9.84 Å². The molecule has 0 radical (unpaired) electrons. The first-order valence-corrected chi connectivity index (χ1v) is 8.67. The molecule has 1 heterocycles. The maximum Gasteiger partial charge on any atom is 0.221 e. The molecule has 0 atom stereocenters. The first-order chi connectivity index (χ1) is 9.58. The van der Waals surface area contributed by atoms with Gasteiger partial charge < -0.3 is 5.32 Å². The number of hydrogen-bond donors (Lipinski definition) is 1. The third-order valence-corrected chi connectivity index (χ3v) is 5.88. The molecule has 0 spiro atoms. The van der Waals surface area contributed by atoms with Gasteiger partial charge in [-0.05, 0) is 25.0 Å². The summed E-state index contributed by atoms with van der Waals surface area (Å²) in [6.45, 7) is 0.336. The monoisotopic (exact) mass is 296 g/mol. The molecule has 1 N–H and O–H groups in total. The molecule has 1 aliphatic carbocycles. The summed E-state index contributed by atoms with van der Waals surface area (Å²) in [5, 5.41) is 2.47. The summed E-state index contributed by atoms with van der Waals surface area (Å²) in [5.74, 6) is -0.289. The van der Waals surface area contributed by atoms with Crippen molar-refractivity contribution in [1.29, 1.82) is 0 Å². The molecule has 20 heavy (non-hydrogen) atoms. The summed E-state index contributed by atoms with van der Waals surface area (Å²) < 4.78 is 24.0. The number of aromatic nitrogens is 1. The second-order valence-corrected chi connectivity index (χ2v) is 7.52. The fraction of sp³-hybridized carbons (Fsp3) is 0.571. The largest absolute Gasteiger partial charge is 0.350 e. The van der Waals surface area contributed by atoms with E-state index in [2.05, 4.69) is 10.3 Å². The van der Waals surface area contributed by atoms with Gasteiger partial charge in [0.2, 0.25) is 5.91 Å². The van der Waals surface area contributed by atoms with Crippen LogP contribution in [0.1, 0.15) is 37.8 Å². The number of rotatable bonds is 6. The second kappa shape index (κ2) is 6.83. The van der Waals surface area contributed by atoms with Crippen LogP contribution in [0.3, 0.4) is 0 Å². The molecule has 1 saturated carbocycles. The zero-order chi connectivity index (χ0) is 14.4. The maximum atomic E-state index is 12.0. The first-order valence-electron chi connectivity index (χ1n) is 6.96. The number of nitrogens with one attached hydrogen (secondary N) is 1. The predicted octanol–water partition coefficient (Wildman–Crippen LogP) is 1.45. The van der Waals surface area contributed by atoms with Crippen LogP contribution in [0.2, 0.25) is 0 Å². The molecule has 110 valence electrons. The highest BCUT2D eigenvalue weighted by Crippen LogP contribution is 2.25. The number of hydrogen-bond acceptors (Lipinski definition) is 4. The first kappa shape index (κ1) is 15.0. The van der Waals surface area contributed by atoms with E-state index in [1.54, 1.807) is 12.3 Å². The Morgan fingerprint density at radius 3 is 2.70 bits per heavy atom. The van der Waals surface area contributed by atoms with Crippen LogP contribution in [0.15, 0.2) is 24.4 Å². The van der Waals surface area contributed by atoms with Gasteiger partial charge in [0.05, 0.1) is 23.2 Å². The third kappa shape index (κ3) is 4.30. The Bertz CT molecular complexity index is 537. The van der Waals surface area contributed by atoms with Crippen LogP contribution in [0.25, 0.3) is 0 Å². The Morgan fingerprint density at radius 1 is 1.30 bits per heavy atom. The van der Waals surface area contributed by atoms with Gasteiger partial charge in [-0.3, -0.25) is 9.78 Å². The van der Waals surface area contributed by atoms with Crippen molar-refractivity contribution in [1.82, 2.24) is 10.3 Å². The summed E-state index contributed by atoms with van der Waals surface area (Å²) in [6, 6.07) is 5.47. The van der Waals surface area contributed by atoms with Crippen LogP contribution < -0.4 is 5.32 Å². The minimum Gasteiger partial charge on any atom is -0.350 e. The molecule has 1 aromatic heterocycles. The molecule has 2 rings (SSSR count). The lowest BCUT2D eigenvalue weighted by molar-refractivity contribution is -0.120. The van der Waals surface area contributed by atoms with Crippen molar-refractivity contribution in [2.45, 2.75) is 43.9 Å². The Kier molecular flexibility index (Phi) is 5.11. The van der Waals surface area contributed by atoms with E-state index in [0.717, 1.165) is 31.4 Å². The molecule has 5 nitrogen and oxygen atoms in total. The molecule has 1 aliphatic rings. The van der Waals surface area contributed by atoms with Crippen molar-refractivity contribution in [3.63, 3.8) is 0 Å². The zero-order valence-corrected chi connectivity index (χ0v) is 12.2. The smallest absolute Gasteiger partial charge is 0.221 e. The average molecular weight is 296 g/mol. The van der Waals surface area contributed by atoms with E-state index in [-0.39, 0.29) is 23.3 Å². The molecule has 0 aliphatic heterocycles. The standard InChI is InChI=1S/C14H20N2O3S/c17-14(16-11-12-5-3-4-9-15-12)8-10-20(18,19)13-6-1-2-7-13/h3-5,9,13H,1-2,6-8,10-11H2,(H,16,17). The van der Waals surface area contributed by atoms with Crippen molar-refractivity contribution in [2.24, 2.45) is 0 Å². The number of sulfone groups is 1. The van der Waals surface area contributed by atoms with Gasteiger partial charge in [0.1, 0.15) is 0 Å². The number of carbonyl (C=O) groups is 1. The third-order valence-electron chi connectivity index (χ3n) is 3.62. The van der Waals surface area contributed by atoms with Crippen molar-refractivity contribution in [3.05, 3.63) is 30.1 Å². The normalized spacial score (nSPS) is 16.2. The van der Waals surface area contributed by atoms with Gasteiger partial charge in [0, 0.05) is 12.6 Å². The summed E-state index contributed by atoms with van der Waals surface area (Å²) >= 11 is 0. The molecule has 0 saturated heterocycles. The number of pyridine rings is 1. The molecule has 1 amide bonds. The summed E-state index contributed by atoms with van der Waals surface area (Å²) in [4.78, 5) is 15.8. The quantitative estimate of drug-likeness (QED) is 0.862. The van der Waals surface area contributed by atoms with Crippen LogP contribution in [-0.4, -0.2) is 30.3 Å². The molecule has 0 unspecified atom stereocenters. The summed E-state index contributed by atoms with van der Waals surface area (Å²) in [5.41, 5.74) is 0.763. The molecule has 0 bridgehead atoms. The lowest BCUT2D eigenvalue weighted by Gasteiger charge is -2.10. The average Bonchev–Trinajstić information content (AvgIpc) is 2.99. The van der Waals surface area contributed by atoms with Crippen molar-refractivity contribution >= 4 is 15.7 Å². The van der Waals surface area contributed by atoms with E-state index in [9.17, 15) is 13.2 Å². The van der Waals surface area contributed by atoms with Crippen LogP contribution in [-0.2, 0) is 21.2 Å². The molecule has 1 fully saturated rings. The van der Waals surface area contributed by atoms with E-state index in [0.29, 0.717) is 6.54 Å². The van der Waals surface area contributed by atoms with Gasteiger partial charge in [0.25, 0.3) is 0 Å². The highest BCUT2D eigenvalue weighted by atomic mass is 32.2. The lowest BCUT2D eigenvalue weighted by Crippen LogP contribution is -2.28. The van der Waals surface area contributed by atoms with E-state index >= 15 is 0 Å². The minimum absolute atomic E-state index is 0.0334. The van der Waals surface area contributed by atoms with Crippen LogP contribution in [0.4, 0.5) is 0 Å². The van der Waals surface area contributed by atoms with E-state index in [1.807, 2.05) is 12.1 Å². The van der Waals surface area contributed by atoms with Gasteiger partial charge in [-0.25, -0.2) is 8.42 Å². The van der Waals surface area contributed by atoms with Gasteiger partial charge in [-0.1, -0.05) is 18.9 Å². The molecule has 0 aromatic carbocycles. The van der Waals surface area contributed by atoms with Crippen molar-refractivity contribution in [2.75, 3.05) is 5.75 Å². The van der Waals surface area contributed by atoms with Gasteiger partial charge in [0.15, 0.2) is 9.84 Å². The summed E-state index contributed by atoms with van der Waals surface area (Å²) in [6.07, 6.45) is 5.15.